The highest BCUT2D eigenvalue weighted by Crippen LogP contribution is 2.50. The smallest absolute Gasteiger partial charge is 0.238 e. The quantitative estimate of drug-likeness (QED) is 0.192. The Bertz CT molecular complexity index is 2720. The van der Waals surface area contributed by atoms with Crippen LogP contribution in [-0.2, 0) is 5.41 Å². The van der Waals surface area contributed by atoms with Crippen LogP contribution >= 0.6 is 0 Å². The number of fused-ring (bicyclic) bond motifs is 7. The molecule has 1 aliphatic carbocycles. The molecule has 50 heavy (non-hydrogen) atoms. The molecule has 0 saturated heterocycles. The van der Waals surface area contributed by atoms with Gasteiger partial charge in [-0.2, -0.15) is 9.97 Å². The molecular weight excluding hydrogens is 609 g/mol. The van der Waals surface area contributed by atoms with Crippen molar-refractivity contribution in [3.8, 4) is 51.0 Å². The van der Waals surface area contributed by atoms with Crippen molar-refractivity contribution >= 4 is 32.6 Å². The van der Waals surface area contributed by atoms with E-state index < -0.39 is 0 Å². The second-order valence-electron chi connectivity index (χ2n) is 13.7. The van der Waals surface area contributed by atoms with E-state index in [0.29, 0.717) is 17.6 Å². The number of hydrogen-bond donors (Lipinski definition) is 0. The lowest BCUT2D eigenvalue weighted by molar-refractivity contribution is 0.660. The molecule has 0 atom stereocenters. The van der Waals surface area contributed by atoms with Gasteiger partial charge in [-0.1, -0.05) is 153 Å². The van der Waals surface area contributed by atoms with E-state index in [1.807, 2.05) is 36.4 Å². The molecule has 0 radical (unpaired) electrons. The molecule has 0 fully saturated rings. The Balaban J connectivity index is 1.30. The van der Waals surface area contributed by atoms with Crippen molar-refractivity contribution in [1.82, 2.24) is 19.5 Å². The number of nitrogens with zero attached hydrogens (tertiary/aromatic N) is 4. The molecule has 7 aromatic carbocycles. The van der Waals surface area contributed by atoms with Gasteiger partial charge in [-0.25, -0.2) is 4.98 Å². The van der Waals surface area contributed by atoms with Crippen LogP contribution in [-0.4, -0.2) is 19.5 Å². The van der Waals surface area contributed by atoms with Crippen LogP contribution in [0.15, 0.2) is 158 Å². The van der Waals surface area contributed by atoms with Gasteiger partial charge in [0, 0.05) is 32.9 Å². The average molecular weight is 641 g/mol. The second-order valence-corrected chi connectivity index (χ2v) is 13.7. The number of hydrogen-bond acceptors (Lipinski definition) is 3. The summed E-state index contributed by atoms with van der Waals surface area (Å²) >= 11 is 0. The van der Waals surface area contributed by atoms with Crippen molar-refractivity contribution in [3.05, 3.63) is 169 Å². The van der Waals surface area contributed by atoms with Gasteiger partial charge in [-0.05, 0) is 56.8 Å². The second kappa shape index (κ2) is 10.8. The van der Waals surface area contributed by atoms with E-state index in [0.717, 1.165) is 38.5 Å². The number of para-hydroxylation sites is 1. The summed E-state index contributed by atoms with van der Waals surface area (Å²) in [5, 5.41) is 4.70. The molecule has 2 heterocycles. The van der Waals surface area contributed by atoms with Crippen LogP contribution in [0.1, 0.15) is 25.0 Å². The van der Waals surface area contributed by atoms with Crippen LogP contribution in [0.5, 0.6) is 0 Å². The molecule has 0 N–H and O–H groups in total. The van der Waals surface area contributed by atoms with Gasteiger partial charge in [0.15, 0.2) is 11.6 Å². The third-order valence-electron chi connectivity index (χ3n) is 10.4. The highest BCUT2D eigenvalue weighted by Gasteiger charge is 2.35. The molecule has 0 amide bonds. The number of rotatable bonds is 4. The summed E-state index contributed by atoms with van der Waals surface area (Å²) in [4.78, 5) is 15.5. The van der Waals surface area contributed by atoms with Crippen molar-refractivity contribution in [1.29, 1.82) is 0 Å². The first-order valence-electron chi connectivity index (χ1n) is 17.1. The summed E-state index contributed by atoms with van der Waals surface area (Å²) in [6.07, 6.45) is 0. The predicted molar refractivity (Wildman–Crippen MR) is 206 cm³/mol. The van der Waals surface area contributed by atoms with Gasteiger partial charge < -0.3 is 0 Å². The number of benzene rings is 7. The Morgan fingerprint density at radius 1 is 0.440 bits per heavy atom. The Kier molecular flexibility index (Phi) is 6.19. The standard InChI is InChI=1S/C46H32N4/c1-46(2)39-23-12-11-20-35(39)36-25-24-33(27-40(36)46)34-21-13-22-37-38-26-31-18-9-10-19-32(31)28-41(38)50(42(34)37)45-48-43(29-14-5-3-6-15-29)47-44(49-45)30-16-7-4-8-17-30/h3-28H,1-2H3. The van der Waals surface area contributed by atoms with Gasteiger partial charge in [0.2, 0.25) is 5.95 Å². The van der Waals surface area contributed by atoms with Crippen molar-refractivity contribution < 1.29 is 0 Å². The zero-order chi connectivity index (χ0) is 33.4. The normalized spacial score (nSPS) is 13.2. The highest BCUT2D eigenvalue weighted by atomic mass is 15.2. The summed E-state index contributed by atoms with van der Waals surface area (Å²) < 4.78 is 2.26. The molecule has 10 rings (SSSR count). The van der Waals surface area contributed by atoms with E-state index in [1.54, 1.807) is 0 Å². The minimum atomic E-state index is -0.107. The maximum absolute atomic E-state index is 5.24. The van der Waals surface area contributed by atoms with E-state index in [4.69, 9.17) is 15.0 Å². The molecule has 1 aliphatic rings. The van der Waals surface area contributed by atoms with E-state index in [2.05, 4.69) is 140 Å². The van der Waals surface area contributed by atoms with Gasteiger partial charge >= 0.3 is 0 Å². The van der Waals surface area contributed by atoms with E-state index in [1.165, 1.54) is 38.6 Å². The summed E-state index contributed by atoms with van der Waals surface area (Å²) in [5.41, 5.74) is 11.6. The van der Waals surface area contributed by atoms with E-state index >= 15 is 0 Å². The number of aromatic nitrogens is 4. The van der Waals surface area contributed by atoms with Crippen molar-refractivity contribution in [2.45, 2.75) is 19.3 Å². The van der Waals surface area contributed by atoms with Crippen LogP contribution in [0, 0.1) is 0 Å². The first-order chi connectivity index (χ1) is 24.5. The zero-order valence-corrected chi connectivity index (χ0v) is 27.8. The summed E-state index contributed by atoms with van der Waals surface area (Å²) in [6.45, 7) is 4.68. The van der Waals surface area contributed by atoms with Gasteiger partial charge in [0.25, 0.3) is 0 Å². The third-order valence-corrected chi connectivity index (χ3v) is 10.4. The van der Waals surface area contributed by atoms with Crippen molar-refractivity contribution in [2.75, 3.05) is 0 Å². The fraction of sp³-hybridized carbons (Fsp3) is 0.0652. The van der Waals surface area contributed by atoms with Crippen molar-refractivity contribution in [2.24, 2.45) is 0 Å². The van der Waals surface area contributed by atoms with Crippen LogP contribution in [0.2, 0.25) is 0 Å². The van der Waals surface area contributed by atoms with Gasteiger partial charge in [0.05, 0.1) is 11.0 Å². The first-order valence-corrected chi connectivity index (χ1v) is 17.1. The average Bonchev–Trinajstić information content (AvgIpc) is 3.62. The van der Waals surface area contributed by atoms with E-state index in [9.17, 15) is 0 Å². The van der Waals surface area contributed by atoms with Crippen molar-refractivity contribution in [3.63, 3.8) is 0 Å². The fourth-order valence-electron chi connectivity index (χ4n) is 7.96. The Morgan fingerprint density at radius 2 is 1.04 bits per heavy atom. The molecule has 4 nitrogen and oxygen atoms in total. The molecular formula is C46H32N4. The lowest BCUT2D eigenvalue weighted by Crippen LogP contribution is -2.14. The SMILES string of the molecule is CC1(C)c2ccccc2-c2ccc(-c3cccc4c5cc6ccccc6cc5n(-c5nc(-c6ccccc6)nc(-c6ccccc6)n5)c34)cc21. The maximum Gasteiger partial charge on any atom is 0.238 e. The van der Waals surface area contributed by atoms with Gasteiger partial charge in [-0.15, -0.1) is 0 Å². The summed E-state index contributed by atoms with van der Waals surface area (Å²) in [7, 11) is 0. The molecule has 0 bridgehead atoms. The summed E-state index contributed by atoms with van der Waals surface area (Å²) in [6, 6.07) is 56.0. The molecule has 0 aliphatic heterocycles. The van der Waals surface area contributed by atoms with Crippen LogP contribution in [0.25, 0.3) is 83.6 Å². The topological polar surface area (TPSA) is 43.6 Å². The Hall–Kier alpha value is -6.39. The molecule has 2 aromatic heterocycles. The van der Waals surface area contributed by atoms with Crippen LogP contribution in [0.3, 0.4) is 0 Å². The lowest BCUT2D eigenvalue weighted by atomic mass is 9.81. The lowest BCUT2D eigenvalue weighted by Gasteiger charge is -2.22. The van der Waals surface area contributed by atoms with Crippen LogP contribution in [0.4, 0.5) is 0 Å². The molecule has 9 aromatic rings. The molecule has 0 spiro atoms. The minimum absolute atomic E-state index is 0.107. The minimum Gasteiger partial charge on any atom is -0.277 e. The van der Waals surface area contributed by atoms with Gasteiger partial charge in [-0.3, -0.25) is 4.57 Å². The van der Waals surface area contributed by atoms with Crippen LogP contribution < -0.4 is 0 Å². The monoisotopic (exact) mass is 640 g/mol. The maximum atomic E-state index is 5.24. The Labute approximate surface area is 290 Å². The molecule has 0 saturated carbocycles. The highest BCUT2D eigenvalue weighted by molar-refractivity contribution is 6.16. The molecule has 0 unspecified atom stereocenters. The predicted octanol–water partition coefficient (Wildman–Crippen LogP) is 11.4. The third kappa shape index (κ3) is 4.28. The zero-order valence-electron chi connectivity index (χ0n) is 27.8. The van der Waals surface area contributed by atoms with Gasteiger partial charge in [0.1, 0.15) is 0 Å². The fourth-order valence-corrected chi connectivity index (χ4v) is 7.96. The first kappa shape index (κ1) is 28.6. The molecule has 236 valence electrons. The largest absolute Gasteiger partial charge is 0.277 e. The Morgan fingerprint density at radius 3 is 1.76 bits per heavy atom. The van der Waals surface area contributed by atoms with E-state index in [-0.39, 0.29) is 5.41 Å². The summed E-state index contributed by atoms with van der Waals surface area (Å²) in [5.74, 6) is 1.87. The molecule has 4 heteroatoms.